The van der Waals surface area contributed by atoms with Gasteiger partial charge in [0.2, 0.25) is 0 Å². The van der Waals surface area contributed by atoms with Crippen molar-refractivity contribution in [3.63, 3.8) is 0 Å². The molecule has 0 aliphatic carbocycles. The van der Waals surface area contributed by atoms with Crippen molar-refractivity contribution in [2.24, 2.45) is 0 Å². The summed E-state index contributed by atoms with van der Waals surface area (Å²) >= 11 is 5.40. The molecule has 13 heavy (non-hydrogen) atoms. The average molecular weight is 203 g/mol. The Balaban J connectivity index is 0.000000223. The predicted molar refractivity (Wildman–Crippen MR) is 59.3 cm³/mol. The van der Waals surface area contributed by atoms with Gasteiger partial charge in [0, 0.05) is 5.88 Å². The lowest BCUT2D eigenvalue weighted by atomic mass is 10.2. The van der Waals surface area contributed by atoms with Crippen LogP contribution < -0.4 is 0 Å². The minimum Gasteiger partial charge on any atom is -0.365 e. The summed E-state index contributed by atoms with van der Waals surface area (Å²) in [6.45, 7) is 10.7. The molecule has 0 aromatic rings. The number of halogens is 1. The molecule has 0 aromatic heterocycles. The summed E-state index contributed by atoms with van der Waals surface area (Å²) in [5.41, 5.74) is 1.43. The van der Waals surface area contributed by atoms with E-state index in [9.17, 15) is 0 Å². The normalized spacial score (nSPS) is 26.0. The first-order valence-electron chi connectivity index (χ1n) is 4.57. The molecular weight excluding hydrogens is 184 g/mol. The van der Waals surface area contributed by atoms with Gasteiger partial charge in [-0.05, 0) is 20.3 Å². The van der Waals surface area contributed by atoms with Crippen molar-refractivity contribution in [2.75, 3.05) is 12.5 Å². The topological polar surface area (TPSA) is 12.5 Å². The molecule has 0 N–H and O–H groups in total. The quantitative estimate of drug-likeness (QED) is 0.388. The van der Waals surface area contributed by atoms with Crippen LogP contribution in [0.3, 0.4) is 0 Å². The van der Waals surface area contributed by atoms with E-state index in [1.54, 1.807) is 0 Å². The summed E-state index contributed by atoms with van der Waals surface area (Å²) in [5.74, 6) is 0.652. The van der Waals surface area contributed by atoms with Crippen LogP contribution in [0.4, 0.5) is 0 Å². The summed E-state index contributed by atoms with van der Waals surface area (Å²) in [6.07, 6.45) is 4.97. The Bertz CT molecular complexity index is 181. The van der Waals surface area contributed by atoms with Gasteiger partial charge in [0.15, 0.2) is 0 Å². The number of rotatable bonds is 3. The Labute approximate surface area is 86.4 Å². The lowest BCUT2D eigenvalue weighted by molar-refractivity contribution is 0.370. The van der Waals surface area contributed by atoms with Gasteiger partial charge in [-0.3, -0.25) is 0 Å². The molecule has 2 heteroatoms. The highest BCUT2D eigenvalue weighted by Gasteiger charge is 2.34. The summed E-state index contributed by atoms with van der Waals surface area (Å²) in [4.78, 5) is 0. The van der Waals surface area contributed by atoms with Crippen LogP contribution >= 0.6 is 11.6 Å². The van der Waals surface area contributed by atoms with Gasteiger partial charge in [0.25, 0.3) is 0 Å². The highest BCUT2D eigenvalue weighted by atomic mass is 35.5. The standard InChI is InChI=1S/C6H11Cl.C5H8O/c1-3-6(2)4-5-7;1-3-5(2)4-6-5/h4H,3,5H2,1-2H3;3H,1,4H2,2H3/b6-4+;. The maximum Gasteiger partial charge on any atom is 0.107 e. The van der Waals surface area contributed by atoms with Crippen LogP contribution in [-0.2, 0) is 4.74 Å². The van der Waals surface area contributed by atoms with Gasteiger partial charge in [0.1, 0.15) is 5.60 Å². The second kappa shape index (κ2) is 6.22. The molecule has 0 saturated carbocycles. The maximum absolute atomic E-state index is 5.40. The summed E-state index contributed by atoms with van der Waals surface area (Å²) < 4.78 is 4.93. The first-order chi connectivity index (χ1) is 6.08. The van der Waals surface area contributed by atoms with Crippen molar-refractivity contribution >= 4 is 11.6 Å². The molecule has 1 fully saturated rings. The molecular formula is C11H19ClO. The minimum absolute atomic E-state index is 0.0556. The number of hydrogen-bond donors (Lipinski definition) is 0. The van der Waals surface area contributed by atoms with Gasteiger partial charge in [0.05, 0.1) is 6.61 Å². The maximum atomic E-state index is 5.40. The molecule has 1 rings (SSSR count). The van der Waals surface area contributed by atoms with E-state index < -0.39 is 0 Å². The van der Waals surface area contributed by atoms with E-state index in [0.717, 1.165) is 13.0 Å². The van der Waals surface area contributed by atoms with E-state index in [1.807, 2.05) is 19.1 Å². The molecule has 0 amide bonds. The molecule has 1 nitrogen and oxygen atoms in total. The van der Waals surface area contributed by atoms with Crippen molar-refractivity contribution in [2.45, 2.75) is 32.8 Å². The van der Waals surface area contributed by atoms with Crippen LogP contribution in [0, 0.1) is 0 Å². The van der Waals surface area contributed by atoms with E-state index in [4.69, 9.17) is 16.3 Å². The molecule has 1 heterocycles. The molecule has 0 bridgehead atoms. The fourth-order valence-corrected chi connectivity index (χ4v) is 0.771. The van der Waals surface area contributed by atoms with Gasteiger partial charge in [-0.1, -0.05) is 24.6 Å². The van der Waals surface area contributed by atoms with Crippen molar-refractivity contribution in [1.82, 2.24) is 0 Å². The fourth-order valence-electron chi connectivity index (χ4n) is 0.508. The lowest BCUT2D eigenvalue weighted by Gasteiger charge is -1.87. The highest BCUT2D eigenvalue weighted by Crippen LogP contribution is 2.25. The van der Waals surface area contributed by atoms with Gasteiger partial charge < -0.3 is 4.74 Å². The molecule has 0 spiro atoms. The van der Waals surface area contributed by atoms with Crippen molar-refractivity contribution in [3.05, 3.63) is 24.3 Å². The second-order valence-electron chi connectivity index (χ2n) is 3.36. The predicted octanol–water partition coefficient (Wildman–Crippen LogP) is 3.54. The first-order valence-corrected chi connectivity index (χ1v) is 5.10. The first kappa shape index (κ1) is 12.7. The van der Waals surface area contributed by atoms with E-state index in [2.05, 4.69) is 20.4 Å². The molecule has 76 valence electrons. The van der Waals surface area contributed by atoms with Crippen LogP contribution in [-0.4, -0.2) is 18.1 Å². The molecule has 0 aromatic carbocycles. The number of allylic oxidation sites excluding steroid dienone is 2. The monoisotopic (exact) mass is 202 g/mol. The molecule has 1 unspecified atom stereocenters. The average Bonchev–Trinajstić information content (AvgIpc) is 2.86. The van der Waals surface area contributed by atoms with Gasteiger partial charge in [-0.25, -0.2) is 0 Å². The van der Waals surface area contributed by atoms with Crippen LogP contribution in [0.25, 0.3) is 0 Å². The smallest absolute Gasteiger partial charge is 0.107 e. The van der Waals surface area contributed by atoms with Crippen molar-refractivity contribution in [1.29, 1.82) is 0 Å². The van der Waals surface area contributed by atoms with Crippen LogP contribution in [0.5, 0.6) is 0 Å². The number of alkyl halides is 1. The SMILES string of the molecule is C=CC1(C)CO1.CC/C(C)=C/CCl. The van der Waals surface area contributed by atoms with Gasteiger partial charge in [-0.15, -0.1) is 18.2 Å². The second-order valence-corrected chi connectivity index (χ2v) is 3.67. The Morgan fingerprint density at radius 3 is 2.31 bits per heavy atom. The summed E-state index contributed by atoms with van der Waals surface area (Å²) in [6, 6.07) is 0. The summed E-state index contributed by atoms with van der Waals surface area (Å²) in [5, 5.41) is 0. The zero-order chi connectivity index (χ0) is 10.3. The Kier molecular flexibility index (Phi) is 6.10. The van der Waals surface area contributed by atoms with Crippen LogP contribution in [0.1, 0.15) is 27.2 Å². The van der Waals surface area contributed by atoms with Crippen LogP contribution in [0.2, 0.25) is 0 Å². The van der Waals surface area contributed by atoms with Crippen molar-refractivity contribution in [3.8, 4) is 0 Å². The third-order valence-electron chi connectivity index (χ3n) is 2.01. The Morgan fingerprint density at radius 1 is 1.69 bits per heavy atom. The van der Waals surface area contributed by atoms with Crippen molar-refractivity contribution < 1.29 is 4.74 Å². The molecule has 1 saturated heterocycles. The van der Waals surface area contributed by atoms with Gasteiger partial charge >= 0.3 is 0 Å². The Hall–Kier alpha value is -0.270. The third kappa shape index (κ3) is 6.85. The highest BCUT2D eigenvalue weighted by molar-refractivity contribution is 6.18. The molecule has 1 aliphatic heterocycles. The zero-order valence-corrected chi connectivity index (χ0v) is 9.53. The Morgan fingerprint density at radius 2 is 2.23 bits per heavy atom. The summed E-state index contributed by atoms with van der Waals surface area (Å²) in [7, 11) is 0. The van der Waals surface area contributed by atoms with Crippen LogP contribution in [0.15, 0.2) is 24.3 Å². The number of hydrogen-bond acceptors (Lipinski definition) is 1. The van der Waals surface area contributed by atoms with E-state index in [-0.39, 0.29) is 5.60 Å². The zero-order valence-electron chi connectivity index (χ0n) is 8.77. The molecule has 1 aliphatic rings. The number of epoxide rings is 1. The molecule has 0 radical (unpaired) electrons. The van der Waals surface area contributed by atoms with E-state index >= 15 is 0 Å². The van der Waals surface area contributed by atoms with E-state index in [1.165, 1.54) is 5.57 Å². The largest absolute Gasteiger partial charge is 0.365 e. The third-order valence-corrected chi connectivity index (χ3v) is 2.17. The fraction of sp³-hybridized carbons (Fsp3) is 0.636. The number of ether oxygens (including phenoxy) is 1. The lowest BCUT2D eigenvalue weighted by Crippen LogP contribution is -1.94. The van der Waals surface area contributed by atoms with Gasteiger partial charge in [-0.2, -0.15) is 0 Å². The minimum atomic E-state index is 0.0556. The van der Waals surface area contributed by atoms with E-state index in [0.29, 0.717) is 5.88 Å². The molecule has 1 atom stereocenters.